The topological polar surface area (TPSA) is 57.9 Å². The van der Waals surface area contributed by atoms with Gasteiger partial charge in [0.05, 0.1) is 19.9 Å². The van der Waals surface area contributed by atoms with Gasteiger partial charge in [-0.15, -0.1) is 5.10 Å². The first-order valence-electron chi connectivity index (χ1n) is 7.81. The fraction of sp³-hybridized carbons (Fsp3) is 0.222. The van der Waals surface area contributed by atoms with Crippen LogP contribution in [0.3, 0.4) is 0 Å². The molecule has 0 spiro atoms. The molecule has 3 aromatic rings. The minimum absolute atomic E-state index is 0.00803. The highest BCUT2D eigenvalue weighted by Crippen LogP contribution is 2.35. The molecule has 0 N–H and O–H groups in total. The number of rotatable bonds is 6. The van der Waals surface area contributed by atoms with Crippen molar-refractivity contribution in [2.45, 2.75) is 6.18 Å². The van der Waals surface area contributed by atoms with Crippen molar-refractivity contribution in [3.8, 4) is 28.6 Å². The van der Waals surface area contributed by atoms with Crippen molar-refractivity contribution in [2.24, 2.45) is 0 Å². The van der Waals surface area contributed by atoms with Crippen LogP contribution in [0.1, 0.15) is 5.69 Å². The number of methoxy groups -OCH3 is 2. The van der Waals surface area contributed by atoms with Crippen LogP contribution in [-0.4, -0.2) is 35.4 Å². The Labute approximate surface area is 152 Å². The molecule has 0 atom stereocenters. The van der Waals surface area contributed by atoms with Crippen LogP contribution in [0.4, 0.5) is 13.2 Å². The maximum Gasteiger partial charge on any atom is 0.433 e. The zero-order valence-corrected chi connectivity index (χ0v) is 14.6. The average molecular weight is 379 g/mol. The number of fused-ring (bicyclic) bond motifs is 1. The fourth-order valence-corrected chi connectivity index (χ4v) is 2.51. The smallest absolute Gasteiger partial charge is 0.433 e. The van der Waals surface area contributed by atoms with Crippen LogP contribution in [0.25, 0.3) is 16.9 Å². The van der Waals surface area contributed by atoms with Gasteiger partial charge in [0, 0.05) is 11.6 Å². The Morgan fingerprint density at radius 3 is 2.48 bits per heavy atom. The first-order chi connectivity index (χ1) is 12.9. The minimum atomic E-state index is -4.63. The number of ether oxygens (including phenoxy) is 3. The molecule has 0 radical (unpaired) electrons. The molecule has 0 amide bonds. The first kappa shape index (κ1) is 18.6. The van der Waals surface area contributed by atoms with Gasteiger partial charge in [0.2, 0.25) is 5.88 Å². The predicted octanol–water partition coefficient (Wildman–Crippen LogP) is 4.00. The third-order valence-corrected chi connectivity index (χ3v) is 3.72. The van der Waals surface area contributed by atoms with Crippen LogP contribution in [0, 0.1) is 0 Å². The highest BCUT2D eigenvalue weighted by Gasteiger charge is 2.35. The van der Waals surface area contributed by atoms with Crippen molar-refractivity contribution in [3.05, 3.63) is 48.7 Å². The SMILES string of the molecule is C=CCOc1cc2nc(-c3ccc(OC)c(OC)c3)cc(C(F)(F)F)n2n1. The van der Waals surface area contributed by atoms with Crippen LogP contribution in [0.15, 0.2) is 43.0 Å². The molecule has 0 bridgehead atoms. The molecule has 0 saturated heterocycles. The summed E-state index contributed by atoms with van der Waals surface area (Å²) in [4.78, 5) is 4.28. The molecular weight excluding hydrogens is 363 g/mol. The number of nitrogens with zero attached hydrogens (tertiary/aromatic N) is 3. The van der Waals surface area contributed by atoms with Gasteiger partial charge in [-0.25, -0.2) is 9.50 Å². The number of benzene rings is 1. The van der Waals surface area contributed by atoms with E-state index >= 15 is 0 Å². The molecule has 0 aliphatic heterocycles. The standard InChI is InChI=1S/C18H16F3N3O3/c1-4-7-27-17-10-16-22-12(9-15(18(19,20)21)24(16)23-17)11-5-6-13(25-2)14(8-11)26-3/h4-6,8-10H,1,7H2,2-3H3. The molecule has 0 fully saturated rings. The summed E-state index contributed by atoms with van der Waals surface area (Å²) in [5.74, 6) is 0.869. The van der Waals surface area contributed by atoms with Crippen molar-refractivity contribution in [1.82, 2.24) is 14.6 Å². The van der Waals surface area contributed by atoms with Gasteiger partial charge < -0.3 is 14.2 Å². The van der Waals surface area contributed by atoms with Crippen molar-refractivity contribution < 1.29 is 27.4 Å². The first-order valence-corrected chi connectivity index (χ1v) is 7.81. The molecule has 0 saturated carbocycles. The summed E-state index contributed by atoms with van der Waals surface area (Å²) in [6.45, 7) is 3.61. The Kier molecular flexibility index (Phi) is 4.93. The van der Waals surface area contributed by atoms with Gasteiger partial charge in [0.1, 0.15) is 6.61 Å². The summed E-state index contributed by atoms with van der Waals surface area (Å²) < 4.78 is 56.9. The molecule has 0 aliphatic rings. The van der Waals surface area contributed by atoms with Gasteiger partial charge >= 0.3 is 6.18 Å². The van der Waals surface area contributed by atoms with Crippen LogP contribution in [-0.2, 0) is 6.18 Å². The fourth-order valence-electron chi connectivity index (χ4n) is 2.51. The van der Waals surface area contributed by atoms with E-state index in [4.69, 9.17) is 14.2 Å². The second-order valence-corrected chi connectivity index (χ2v) is 5.45. The van der Waals surface area contributed by atoms with Crippen LogP contribution < -0.4 is 14.2 Å². The Morgan fingerprint density at radius 2 is 1.85 bits per heavy atom. The Morgan fingerprint density at radius 1 is 1.11 bits per heavy atom. The lowest BCUT2D eigenvalue weighted by Crippen LogP contribution is -2.13. The van der Waals surface area contributed by atoms with Gasteiger partial charge in [-0.2, -0.15) is 13.2 Å². The van der Waals surface area contributed by atoms with Crippen molar-refractivity contribution in [1.29, 1.82) is 0 Å². The van der Waals surface area contributed by atoms with Gasteiger partial charge in [-0.3, -0.25) is 0 Å². The minimum Gasteiger partial charge on any atom is -0.493 e. The third-order valence-electron chi connectivity index (χ3n) is 3.72. The normalized spacial score (nSPS) is 11.4. The molecule has 0 aliphatic carbocycles. The highest BCUT2D eigenvalue weighted by atomic mass is 19.4. The van der Waals surface area contributed by atoms with Gasteiger partial charge in [-0.05, 0) is 24.3 Å². The zero-order chi connectivity index (χ0) is 19.6. The van der Waals surface area contributed by atoms with Crippen molar-refractivity contribution in [3.63, 3.8) is 0 Å². The molecule has 9 heteroatoms. The van der Waals surface area contributed by atoms with Crippen LogP contribution in [0.5, 0.6) is 17.4 Å². The maximum absolute atomic E-state index is 13.5. The molecule has 6 nitrogen and oxygen atoms in total. The second kappa shape index (κ2) is 7.18. The van der Waals surface area contributed by atoms with Crippen LogP contribution in [0.2, 0.25) is 0 Å². The third kappa shape index (κ3) is 3.67. The van der Waals surface area contributed by atoms with E-state index in [1.807, 2.05) is 0 Å². The summed E-state index contributed by atoms with van der Waals surface area (Å²) >= 11 is 0. The molecular formula is C18H16F3N3O3. The molecule has 0 unspecified atom stereocenters. The summed E-state index contributed by atoms with van der Waals surface area (Å²) in [7, 11) is 2.92. The Hall–Kier alpha value is -3.23. The van der Waals surface area contributed by atoms with Crippen molar-refractivity contribution in [2.75, 3.05) is 20.8 Å². The quantitative estimate of drug-likeness (QED) is 0.606. The van der Waals surface area contributed by atoms with Gasteiger partial charge in [-0.1, -0.05) is 12.7 Å². The predicted molar refractivity (Wildman–Crippen MR) is 92.2 cm³/mol. The van der Waals surface area contributed by atoms with E-state index in [0.29, 0.717) is 21.6 Å². The van der Waals surface area contributed by atoms with Gasteiger partial charge in [0.25, 0.3) is 0 Å². The van der Waals surface area contributed by atoms with E-state index in [1.165, 1.54) is 26.4 Å². The van der Waals surface area contributed by atoms with Crippen molar-refractivity contribution >= 4 is 5.65 Å². The van der Waals surface area contributed by atoms with E-state index in [2.05, 4.69) is 16.7 Å². The van der Waals surface area contributed by atoms with E-state index in [1.54, 1.807) is 18.2 Å². The summed E-state index contributed by atoms with van der Waals surface area (Å²) in [5, 5.41) is 3.83. The molecule has 1 aromatic carbocycles. The molecule has 3 rings (SSSR count). The molecule has 27 heavy (non-hydrogen) atoms. The summed E-state index contributed by atoms with van der Waals surface area (Å²) in [6, 6.07) is 7.03. The number of halogens is 3. The van der Waals surface area contributed by atoms with E-state index in [9.17, 15) is 13.2 Å². The maximum atomic E-state index is 13.5. The lowest BCUT2D eigenvalue weighted by atomic mass is 10.1. The van der Waals surface area contributed by atoms with Crippen LogP contribution >= 0.6 is 0 Å². The number of alkyl halides is 3. The molecule has 2 heterocycles. The highest BCUT2D eigenvalue weighted by molar-refractivity contribution is 5.66. The van der Waals surface area contributed by atoms with E-state index in [0.717, 1.165) is 6.07 Å². The monoisotopic (exact) mass is 379 g/mol. The summed E-state index contributed by atoms with van der Waals surface area (Å²) in [6.07, 6.45) is -3.16. The lowest BCUT2D eigenvalue weighted by Gasteiger charge is -2.12. The lowest BCUT2D eigenvalue weighted by molar-refractivity contribution is -0.142. The molecule has 142 valence electrons. The number of aromatic nitrogens is 3. The Balaban J connectivity index is 2.17. The van der Waals surface area contributed by atoms with E-state index in [-0.39, 0.29) is 23.8 Å². The molecule has 2 aromatic heterocycles. The van der Waals surface area contributed by atoms with E-state index < -0.39 is 11.9 Å². The number of hydrogen-bond acceptors (Lipinski definition) is 5. The average Bonchev–Trinajstić information content (AvgIpc) is 3.06. The van der Waals surface area contributed by atoms with Gasteiger partial charge in [0.15, 0.2) is 22.8 Å². The summed E-state index contributed by atoms with van der Waals surface area (Å²) in [5.41, 5.74) is -0.402. The largest absolute Gasteiger partial charge is 0.493 e. The zero-order valence-electron chi connectivity index (χ0n) is 14.6. The second-order valence-electron chi connectivity index (χ2n) is 5.45. The number of hydrogen-bond donors (Lipinski definition) is 0. The Bertz CT molecular complexity index is 983.